The van der Waals surface area contributed by atoms with Gasteiger partial charge in [0, 0.05) is 6.42 Å². The Morgan fingerprint density at radius 1 is 0.905 bits per heavy atom. The molecule has 0 spiro atoms. The third-order valence-corrected chi connectivity index (χ3v) is 3.51. The number of hydrogen-bond donors (Lipinski definition) is 0. The summed E-state index contributed by atoms with van der Waals surface area (Å²) in [6, 6.07) is 17.3. The molecule has 4 nitrogen and oxygen atoms in total. The monoisotopic (exact) mass is 276 g/mol. The normalized spacial score (nSPS) is 11.4. The second-order valence-electron chi connectivity index (χ2n) is 4.89. The first-order valence-electron chi connectivity index (χ1n) is 6.88. The third-order valence-electron chi connectivity index (χ3n) is 3.51. The topological polar surface area (TPSA) is 95.2 Å². The second-order valence-corrected chi connectivity index (χ2v) is 4.89. The lowest BCUT2D eigenvalue weighted by Crippen LogP contribution is -2.25. The summed E-state index contributed by atoms with van der Waals surface area (Å²) >= 11 is 0. The van der Waals surface area contributed by atoms with E-state index in [0.717, 1.165) is 12.8 Å². The molecule has 0 aliphatic carbocycles. The molecule has 0 fully saturated rings. The molecule has 1 aromatic carbocycles. The van der Waals surface area contributed by atoms with Crippen LogP contribution in [0.1, 0.15) is 43.6 Å². The van der Waals surface area contributed by atoms with Crippen LogP contribution in [0.5, 0.6) is 0 Å². The van der Waals surface area contributed by atoms with Crippen LogP contribution in [0.4, 0.5) is 0 Å². The summed E-state index contributed by atoms with van der Waals surface area (Å²) in [6.07, 6.45) is 3.02. The number of rotatable bonds is 7. The maximum atomic E-state index is 9.47. The van der Waals surface area contributed by atoms with Crippen molar-refractivity contribution in [3.05, 3.63) is 35.9 Å². The van der Waals surface area contributed by atoms with Crippen LogP contribution in [0.15, 0.2) is 30.3 Å². The Hall–Kier alpha value is -2.82. The Balaban J connectivity index is 2.89. The van der Waals surface area contributed by atoms with Crippen LogP contribution in [-0.4, -0.2) is 0 Å². The average molecular weight is 276 g/mol. The Morgan fingerprint density at radius 2 is 1.57 bits per heavy atom. The molecule has 1 unspecified atom stereocenters. The van der Waals surface area contributed by atoms with Gasteiger partial charge in [-0.15, -0.1) is 0 Å². The molecule has 0 saturated carbocycles. The van der Waals surface area contributed by atoms with E-state index in [1.807, 2.05) is 6.07 Å². The molecule has 0 aliphatic heterocycles. The Labute approximate surface area is 125 Å². The summed E-state index contributed by atoms with van der Waals surface area (Å²) < 4.78 is 0. The van der Waals surface area contributed by atoms with E-state index < -0.39 is 11.3 Å². The molecule has 21 heavy (non-hydrogen) atoms. The van der Waals surface area contributed by atoms with Gasteiger partial charge in [-0.3, -0.25) is 0 Å². The van der Waals surface area contributed by atoms with Crippen molar-refractivity contribution in [3.8, 4) is 24.3 Å². The van der Waals surface area contributed by atoms with E-state index in [1.54, 1.807) is 24.3 Å². The molecule has 0 aliphatic rings. The minimum absolute atomic E-state index is 0.346. The molecule has 104 valence electrons. The highest BCUT2D eigenvalue weighted by Gasteiger charge is 2.40. The van der Waals surface area contributed by atoms with Crippen LogP contribution in [0.3, 0.4) is 0 Å². The van der Waals surface area contributed by atoms with E-state index in [1.165, 1.54) is 0 Å². The van der Waals surface area contributed by atoms with Crippen molar-refractivity contribution in [1.29, 1.82) is 21.0 Å². The minimum atomic E-state index is -1.33. The first-order valence-corrected chi connectivity index (χ1v) is 6.88. The van der Waals surface area contributed by atoms with Gasteiger partial charge in [0.05, 0.1) is 24.3 Å². The van der Waals surface area contributed by atoms with Gasteiger partial charge in [0.1, 0.15) is 5.92 Å². The van der Waals surface area contributed by atoms with Gasteiger partial charge in [0.15, 0.2) is 5.41 Å². The first-order chi connectivity index (χ1) is 10.2. The van der Waals surface area contributed by atoms with E-state index in [2.05, 4.69) is 24.3 Å². The quantitative estimate of drug-likeness (QED) is 0.707. The number of nitriles is 4. The maximum Gasteiger partial charge on any atom is 0.163 e. The van der Waals surface area contributed by atoms with Gasteiger partial charge >= 0.3 is 0 Å². The van der Waals surface area contributed by atoms with E-state index in [9.17, 15) is 15.8 Å². The Kier molecular flexibility index (Phi) is 6.47. The SMILES string of the molecule is N#CCCCCCC(C#N)(C#N)C(C#N)c1ccccc1. The van der Waals surface area contributed by atoms with Gasteiger partial charge in [0.25, 0.3) is 0 Å². The fourth-order valence-electron chi connectivity index (χ4n) is 2.31. The van der Waals surface area contributed by atoms with Gasteiger partial charge < -0.3 is 0 Å². The molecule has 1 aromatic rings. The lowest BCUT2D eigenvalue weighted by atomic mass is 9.71. The Morgan fingerprint density at radius 3 is 2.10 bits per heavy atom. The van der Waals surface area contributed by atoms with Gasteiger partial charge in [0.2, 0.25) is 0 Å². The van der Waals surface area contributed by atoms with Crippen molar-refractivity contribution >= 4 is 0 Å². The zero-order chi connectivity index (χ0) is 15.6. The zero-order valence-electron chi connectivity index (χ0n) is 11.8. The molecule has 1 rings (SSSR count). The van der Waals surface area contributed by atoms with Crippen molar-refractivity contribution in [3.63, 3.8) is 0 Å². The lowest BCUT2D eigenvalue weighted by molar-refractivity contribution is 0.411. The van der Waals surface area contributed by atoms with Crippen LogP contribution < -0.4 is 0 Å². The van der Waals surface area contributed by atoms with Crippen LogP contribution in [0.2, 0.25) is 0 Å². The number of unbranched alkanes of at least 4 members (excludes halogenated alkanes) is 3. The summed E-state index contributed by atoms with van der Waals surface area (Å²) in [7, 11) is 0. The average Bonchev–Trinajstić information content (AvgIpc) is 2.54. The number of benzene rings is 1. The van der Waals surface area contributed by atoms with Crippen LogP contribution in [0, 0.1) is 50.7 Å². The molecule has 0 aromatic heterocycles. The standard InChI is InChI=1S/C17H16N4/c18-11-7-2-1-6-10-17(13-20,14-21)16(12-19)15-8-4-3-5-9-15/h3-5,8-9,16H,1-2,6-7,10H2. The highest BCUT2D eigenvalue weighted by Crippen LogP contribution is 2.39. The fourth-order valence-corrected chi connectivity index (χ4v) is 2.31. The van der Waals surface area contributed by atoms with Gasteiger partial charge in [-0.2, -0.15) is 21.0 Å². The van der Waals surface area contributed by atoms with Crippen molar-refractivity contribution < 1.29 is 0 Å². The summed E-state index contributed by atoms with van der Waals surface area (Å²) in [5.41, 5.74) is -0.636. The lowest BCUT2D eigenvalue weighted by Gasteiger charge is -2.24. The number of hydrogen-bond acceptors (Lipinski definition) is 4. The zero-order valence-corrected chi connectivity index (χ0v) is 11.8. The maximum absolute atomic E-state index is 9.47. The van der Waals surface area contributed by atoms with E-state index in [0.29, 0.717) is 24.8 Å². The predicted molar refractivity (Wildman–Crippen MR) is 77.2 cm³/mol. The van der Waals surface area contributed by atoms with Crippen molar-refractivity contribution in [1.82, 2.24) is 0 Å². The molecule has 1 atom stereocenters. The highest BCUT2D eigenvalue weighted by atomic mass is 14.5. The van der Waals surface area contributed by atoms with Gasteiger partial charge in [-0.1, -0.05) is 43.2 Å². The molecule has 0 saturated heterocycles. The third kappa shape index (κ3) is 4.07. The summed E-state index contributed by atoms with van der Waals surface area (Å²) in [5.74, 6) is -0.760. The van der Waals surface area contributed by atoms with Crippen LogP contribution in [0.25, 0.3) is 0 Å². The van der Waals surface area contributed by atoms with Crippen molar-refractivity contribution in [2.24, 2.45) is 5.41 Å². The van der Waals surface area contributed by atoms with Crippen molar-refractivity contribution in [2.75, 3.05) is 0 Å². The molecule has 4 heteroatoms. The van der Waals surface area contributed by atoms with E-state index in [-0.39, 0.29) is 0 Å². The van der Waals surface area contributed by atoms with Crippen LogP contribution in [-0.2, 0) is 0 Å². The molecular weight excluding hydrogens is 260 g/mol. The largest absolute Gasteiger partial charge is 0.198 e. The van der Waals surface area contributed by atoms with Crippen molar-refractivity contribution in [2.45, 2.75) is 38.0 Å². The molecule has 0 radical (unpaired) electrons. The molecule has 0 amide bonds. The minimum Gasteiger partial charge on any atom is -0.198 e. The van der Waals surface area contributed by atoms with Crippen LogP contribution >= 0.6 is 0 Å². The molecule has 0 bridgehead atoms. The fraction of sp³-hybridized carbons (Fsp3) is 0.412. The molecule has 0 heterocycles. The first kappa shape index (κ1) is 16.2. The van der Waals surface area contributed by atoms with E-state index in [4.69, 9.17) is 5.26 Å². The predicted octanol–water partition coefficient (Wildman–Crippen LogP) is 3.80. The summed E-state index contributed by atoms with van der Waals surface area (Å²) in [6.45, 7) is 0. The second kappa shape index (κ2) is 8.37. The highest BCUT2D eigenvalue weighted by molar-refractivity contribution is 5.35. The summed E-state index contributed by atoms with van der Waals surface area (Å²) in [4.78, 5) is 0. The smallest absolute Gasteiger partial charge is 0.163 e. The summed E-state index contributed by atoms with van der Waals surface area (Å²) in [5, 5.41) is 36.9. The van der Waals surface area contributed by atoms with Gasteiger partial charge in [-0.25, -0.2) is 0 Å². The van der Waals surface area contributed by atoms with E-state index >= 15 is 0 Å². The van der Waals surface area contributed by atoms with Gasteiger partial charge in [-0.05, 0) is 18.4 Å². The molecular formula is C17H16N4. The molecule has 0 N–H and O–H groups in total. The Bertz CT molecular complexity index is 593. The number of nitrogens with zero attached hydrogens (tertiary/aromatic N) is 4.